The van der Waals surface area contributed by atoms with Crippen molar-refractivity contribution in [2.24, 2.45) is 0 Å². The molecule has 26 heavy (non-hydrogen) atoms. The molecule has 0 bridgehead atoms. The number of benzene rings is 1. The second-order valence-electron chi connectivity index (χ2n) is 6.34. The van der Waals surface area contributed by atoms with Gasteiger partial charge < -0.3 is 4.90 Å². The molecule has 2 aromatic heterocycles. The fraction of sp³-hybridized carbons (Fsp3) is 0.263. The number of rotatable bonds is 3. The summed E-state index contributed by atoms with van der Waals surface area (Å²) in [4.78, 5) is 14.6. The van der Waals surface area contributed by atoms with Gasteiger partial charge in [0.25, 0.3) is 0 Å². The summed E-state index contributed by atoms with van der Waals surface area (Å²) < 4.78 is 29.0. The lowest BCUT2D eigenvalue weighted by molar-refractivity contribution is -0.129. The van der Waals surface area contributed by atoms with E-state index < -0.39 is 11.6 Å². The van der Waals surface area contributed by atoms with Gasteiger partial charge in [-0.25, -0.2) is 8.78 Å². The molecular weight excluding hydrogens is 356 g/mol. The Morgan fingerprint density at radius 2 is 2.15 bits per heavy atom. The Bertz CT molecular complexity index is 966. The zero-order valence-electron chi connectivity index (χ0n) is 14.2. The van der Waals surface area contributed by atoms with Crippen LogP contribution in [0.2, 0.25) is 0 Å². The Kier molecular flexibility index (Phi) is 4.32. The number of hydrogen-bond donors (Lipinski definition) is 0. The summed E-state index contributed by atoms with van der Waals surface area (Å²) >= 11 is 1.58. The molecule has 0 aliphatic carbocycles. The van der Waals surface area contributed by atoms with Gasteiger partial charge in [-0.3, -0.25) is 9.48 Å². The molecule has 7 heteroatoms. The van der Waals surface area contributed by atoms with Crippen LogP contribution in [0.15, 0.2) is 35.7 Å². The second-order valence-corrected chi connectivity index (χ2v) is 7.28. The van der Waals surface area contributed by atoms with E-state index in [1.807, 2.05) is 17.5 Å². The van der Waals surface area contributed by atoms with Crippen LogP contribution >= 0.6 is 11.3 Å². The van der Waals surface area contributed by atoms with E-state index in [1.165, 1.54) is 12.1 Å². The minimum atomic E-state index is -0.592. The fourth-order valence-corrected chi connectivity index (χ4v) is 4.05. The Labute approximate surface area is 153 Å². The third-order valence-corrected chi connectivity index (χ3v) is 5.55. The number of carbonyl (C=O) groups is 1. The van der Waals surface area contributed by atoms with Gasteiger partial charge in [0.15, 0.2) is 0 Å². The maximum atomic E-state index is 14.1. The van der Waals surface area contributed by atoms with Crippen molar-refractivity contribution in [3.63, 3.8) is 0 Å². The van der Waals surface area contributed by atoms with Gasteiger partial charge in [-0.05, 0) is 17.5 Å². The van der Waals surface area contributed by atoms with Gasteiger partial charge in [-0.15, -0.1) is 11.3 Å². The van der Waals surface area contributed by atoms with E-state index in [-0.39, 0.29) is 12.5 Å². The van der Waals surface area contributed by atoms with Crippen LogP contribution in [0.3, 0.4) is 0 Å². The largest absolute Gasteiger partial charge is 0.338 e. The van der Waals surface area contributed by atoms with E-state index in [0.717, 1.165) is 27.9 Å². The number of fused-ring (bicyclic) bond motifs is 1. The molecule has 0 saturated carbocycles. The monoisotopic (exact) mass is 373 g/mol. The summed E-state index contributed by atoms with van der Waals surface area (Å²) in [6.45, 7) is 2.92. The minimum absolute atomic E-state index is 0.0325. The normalized spacial score (nSPS) is 13.7. The molecule has 0 unspecified atom stereocenters. The van der Waals surface area contributed by atoms with Crippen molar-refractivity contribution >= 4 is 17.2 Å². The smallest absolute Gasteiger partial charge is 0.219 e. The van der Waals surface area contributed by atoms with Crippen LogP contribution in [0.5, 0.6) is 0 Å². The Morgan fingerprint density at radius 3 is 2.85 bits per heavy atom. The highest BCUT2D eigenvalue weighted by atomic mass is 32.1. The highest BCUT2D eigenvalue weighted by Gasteiger charge is 2.27. The fourth-order valence-electron chi connectivity index (χ4n) is 3.31. The molecule has 1 aromatic carbocycles. The van der Waals surface area contributed by atoms with E-state index >= 15 is 0 Å². The van der Waals surface area contributed by atoms with Gasteiger partial charge in [-0.1, -0.05) is 12.1 Å². The minimum Gasteiger partial charge on any atom is -0.338 e. The molecule has 3 heterocycles. The first kappa shape index (κ1) is 16.9. The van der Waals surface area contributed by atoms with Crippen molar-refractivity contribution in [3.05, 3.63) is 64.2 Å². The van der Waals surface area contributed by atoms with Gasteiger partial charge in [-0.2, -0.15) is 5.10 Å². The Balaban J connectivity index is 1.76. The summed E-state index contributed by atoms with van der Waals surface area (Å²) in [7, 11) is 0. The number of nitrogens with zero attached hydrogens (tertiary/aromatic N) is 3. The summed E-state index contributed by atoms with van der Waals surface area (Å²) in [5.41, 5.74) is 3.25. The maximum Gasteiger partial charge on any atom is 0.219 e. The first-order chi connectivity index (χ1) is 12.5. The summed E-state index contributed by atoms with van der Waals surface area (Å²) in [6.07, 6.45) is 0.663. The van der Waals surface area contributed by atoms with E-state index in [0.29, 0.717) is 25.1 Å². The molecule has 0 radical (unpaired) electrons. The van der Waals surface area contributed by atoms with Crippen LogP contribution in [-0.2, 0) is 24.3 Å². The van der Waals surface area contributed by atoms with Gasteiger partial charge in [0.05, 0.1) is 11.4 Å². The first-order valence-electron chi connectivity index (χ1n) is 8.35. The highest BCUT2D eigenvalue weighted by molar-refractivity contribution is 7.13. The van der Waals surface area contributed by atoms with Crippen molar-refractivity contribution in [2.75, 3.05) is 6.54 Å². The molecule has 0 fully saturated rings. The van der Waals surface area contributed by atoms with Crippen LogP contribution in [-0.4, -0.2) is 27.1 Å². The van der Waals surface area contributed by atoms with Crippen molar-refractivity contribution in [2.45, 2.75) is 26.4 Å². The molecule has 0 spiro atoms. The lowest BCUT2D eigenvalue weighted by Gasteiger charge is -2.26. The van der Waals surface area contributed by atoms with E-state index in [9.17, 15) is 13.6 Å². The molecular formula is C19H17F2N3OS. The van der Waals surface area contributed by atoms with Crippen molar-refractivity contribution in [1.29, 1.82) is 0 Å². The van der Waals surface area contributed by atoms with E-state index in [4.69, 9.17) is 5.10 Å². The quantitative estimate of drug-likeness (QED) is 0.700. The third kappa shape index (κ3) is 3.03. The summed E-state index contributed by atoms with van der Waals surface area (Å²) in [6, 6.07) is 7.54. The summed E-state index contributed by atoms with van der Waals surface area (Å²) in [5.74, 6) is -1.14. The number of amides is 1. The molecule has 0 N–H and O–H groups in total. The zero-order chi connectivity index (χ0) is 18.3. The molecule has 0 saturated heterocycles. The van der Waals surface area contributed by atoms with E-state index in [2.05, 4.69) is 0 Å². The number of carbonyl (C=O) groups excluding carboxylic acids is 1. The van der Waals surface area contributed by atoms with Gasteiger partial charge in [0.1, 0.15) is 17.3 Å². The molecule has 1 amide bonds. The molecule has 4 rings (SSSR count). The van der Waals surface area contributed by atoms with Crippen LogP contribution < -0.4 is 0 Å². The number of halogens is 2. The standard InChI is InChI=1S/C19H17F2N3OS/c1-12(25)23-7-6-17-15(11-23)19(18-3-2-8-26-18)22-24(17)10-13-4-5-14(20)9-16(13)21/h2-5,8-9H,6-7,10-11H2,1H3. The predicted molar refractivity (Wildman–Crippen MR) is 95.8 cm³/mol. The topological polar surface area (TPSA) is 38.1 Å². The Morgan fingerprint density at radius 1 is 1.31 bits per heavy atom. The maximum absolute atomic E-state index is 14.1. The molecule has 4 nitrogen and oxygen atoms in total. The molecule has 3 aromatic rings. The Hall–Kier alpha value is -2.54. The van der Waals surface area contributed by atoms with Crippen LogP contribution in [0.25, 0.3) is 10.6 Å². The molecule has 1 aliphatic heterocycles. The van der Waals surface area contributed by atoms with Crippen molar-refractivity contribution in [1.82, 2.24) is 14.7 Å². The van der Waals surface area contributed by atoms with Crippen LogP contribution in [0.1, 0.15) is 23.7 Å². The van der Waals surface area contributed by atoms with Gasteiger partial charge >= 0.3 is 0 Å². The predicted octanol–water partition coefficient (Wildman–Crippen LogP) is 3.84. The number of hydrogen-bond acceptors (Lipinski definition) is 3. The lowest BCUT2D eigenvalue weighted by Crippen LogP contribution is -2.34. The van der Waals surface area contributed by atoms with Crippen LogP contribution in [0, 0.1) is 11.6 Å². The molecule has 1 aliphatic rings. The highest BCUT2D eigenvalue weighted by Crippen LogP contribution is 2.33. The average molecular weight is 373 g/mol. The number of aromatic nitrogens is 2. The van der Waals surface area contributed by atoms with Crippen molar-refractivity contribution < 1.29 is 13.6 Å². The third-order valence-electron chi connectivity index (χ3n) is 4.67. The SMILES string of the molecule is CC(=O)N1CCc2c(c(-c3cccs3)nn2Cc2ccc(F)cc2F)C1. The zero-order valence-corrected chi connectivity index (χ0v) is 15.0. The molecule has 134 valence electrons. The van der Waals surface area contributed by atoms with E-state index in [1.54, 1.807) is 27.8 Å². The van der Waals surface area contributed by atoms with Crippen LogP contribution in [0.4, 0.5) is 8.78 Å². The average Bonchev–Trinajstić information content (AvgIpc) is 3.25. The van der Waals surface area contributed by atoms with Gasteiger partial charge in [0.2, 0.25) is 5.91 Å². The number of thiophene rings is 1. The second kappa shape index (κ2) is 6.64. The first-order valence-corrected chi connectivity index (χ1v) is 9.23. The molecule has 0 atom stereocenters. The summed E-state index contributed by atoms with van der Waals surface area (Å²) in [5, 5.41) is 6.69. The van der Waals surface area contributed by atoms with Crippen molar-refractivity contribution in [3.8, 4) is 10.6 Å². The lowest BCUT2D eigenvalue weighted by atomic mass is 10.0. The van der Waals surface area contributed by atoms with Gasteiger partial charge in [0, 0.05) is 49.3 Å².